The lowest BCUT2D eigenvalue weighted by atomic mass is 9.87. The zero-order valence-corrected chi connectivity index (χ0v) is 22.0. The second-order valence-electron chi connectivity index (χ2n) is 9.78. The van der Waals surface area contributed by atoms with E-state index in [-0.39, 0.29) is 17.6 Å². The molecule has 33 heavy (non-hydrogen) atoms. The molecular weight excluding hydrogens is 475 g/mol. The van der Waals surface area contributed by atoms with Crippen LogP contribution in [0.15, 0.2) is 42.5 Å². The molecule has 0 spiro atoms. The molecule has 1 saturated heterocycles. The first-order chi connectivity index (χ1) is 15.5. The van der Waals surface area contributed by atoms with E-state index in [1.807, 2.05) is 21.4 Å². The molecule has 0 aliphatic carbocycles. The van der Waals surface area contributed by atoms with Crippen LogP contribution in [0.2, 0.25) is 10.0 Å². The minimum Gasteiger partial charge on any atom is -0.373 e. The first kappa shape index (κ1) is 24.4. The van der Waals surface area contributed by atoms with Crippen LogP contribution in [0.4, 0.5) is 0 Å². The molecule has 4 rings (SSSR count). The van der Waals surface area contributed by atoms with Gasteiger partial charge in [-0.05, 0) is 49.2 Å². The molecule has 0 bridgehead atoms. The number of morpholine rings is 1. The van der Waals surface area contributed by atoms with Crippen LogP contribution in [-0.2, 0) is 16.8 Å². The fourth-order valence-electron chi connectivity index (χ4n) is 4.28. The summed E-state index contributed by atoms with van der Waals surface area (Å²) in [7, 11) is 0. The van der Waals surface area contributed by atoms with E-state index in [0.29, 0.717) is 21.5 Å². The predicted octanol–water partition coefficient (Wildman–Crippen LogP) is 6.74. The monoisotopic (exact) mass is 504 g/mol. The summed E-state index contributed by atoms with van der Waals surface area (Å²) in [5.74, 6) is 0.735. The van der Waals surface area contributed by atoms with Gasteiger partial charge >= 0.3 is 0 Å². The average Bonchev–Trinajstić information content (AvgIpc) is 3.05. The number of benzene rings is 2. The topological polar surface area (TPSA) is 35.2 Å². The third-order valence-corrected chi connectivity index (χ3v) is 7.05. The van der Waals surface area contributed by atoms with Crippen molar-refractivity contribution in [3.63, 3.8) is 0 Å². The number of nitrogens with zero attached hydrogens (tertiary/aromatic N) is 4. The molecule has 2 aromatic carbocycles. The summed E-state index contributed by atoms with van der Waals surface area (Å²) in [6.45, 7) is 13.0. The molecule has 1 aliphatic rings. The number of ether oxygens (including phenoxy) is 1. The maximum atomic E-state index is 6.62. The van der Waals surface area contributed by atoms with E-state index in [9.17, 15) is 0 Å². The molecule has 5 nitrogen and oxygen atoms in total. The number of halogens is 2. The quantitative estimate of drug-likeness (QED) is 0.368. The Hall–Kier alpha value is -1.70. The third kappa shape index (κ3) is 5.20. The van der Waals surface area contributed by atoms with Crippen molar-refractivity contribution in [2.45, 2.75) is 58.9 Å². The summed E-state index contributed by atoms with van der Waals surface area (Å²) < 4.78 is 10.2. The molecule has 3 aromatic rings. The van der Waals surface area contributed by atoms with Crippen molar-refractivity contribution in [1.29, 1.82) is 0 Å². The molecule has 176 valence electrons. The number of hydrogen-bond donors (Lipinski definition) is 0. The lowest BCUT2D eigenvalue weighted by Crippen LogP contribution is -2.46. The number of aromatic nitrogens is 3. The van der Waals surface area contributed by atoms with E-state index in [1.165, 1.54) is 5.56 Å². The van der Waals surface area contributed by atoms with E-state index in [4.69, 9.17) is 45.3 Å². The zero-order chi connectivity index (χ0) is 23.9. The van der Waals surface area contributed by atoms with Crippen molar-refractivity contribution in [2.75, 3.05) is 13.1 Å². The Balaban J connectivity index is 1.82. The van der Waals surface area contributed by atoms with E-state index in [0.717, 1.165) is 30.2 Å². The molecular formula is C25H30Cl2N4OS. The van der Waals surface area contributed by atoms with Crippen molar-refractivity contribution in [1.82, 2.24) is 19.2 Å². The second-order valence-corrected chi connectivity index (χ2v) is 10.9. The summed E-state index contributed by atoms with van der Waals surface area (Å²) in [6.07, 6.45) is 0.327. The highest BCUT2D eigenvalue weighted by Gasteiger charge is 2.25. The van der Waals surface area contributed by atoms with Gasteiger partial charge in [0.1, 0.15) is 0 Å². The summed E-state index contributed by atoms with van der Waals surface area (Å²) in [6, 6.07) is 14.0. The van der Waals surface area contributed by atoms with Gasteiger partial charge < -0.3 is 4.74 Å². The zero-order valence-electron chi connectivity index (χ0n) is 19.7. The summed E-state index contributed by atoms with van der Waals surface area (Å²) in [5, 5.41) is 5.89. The van der Waals surface area contributed by atoms with Gasteiger partial charge in [-0.3, -0.25) is 9.47 Å². The van der Waals surface area contributed by atoms with Crippen LogP contribution in [0, 0.1) is 4.77 Å². The SMILES string of the molecule is C[C@H]1CN(Cn2nc(-c3ccc(C(C)(C)C)cc3)n(-c3cccc(Cl)c3Cl)c2=S)C[C@H](C)O1. The lowest BCUT2D eigenvalue weighted by molar-refractivity contribution is -0.0777. The molecule has 0 saturated carbocycles. The maximum absolute atomic E-state index is 6.62. The van der Waals surface area contributed by atoms with E-state index < -0.39 is 0 Å². The Morgan fingerprint density at radius 3 is 2.27 bits per heavy atom. The standard InChI is InChI=1S/C25H30Cl2N4OS/c1-16-13-29(14-17(2)32-16)15-30-24(33)31(21-8-6-7-20(26)22(21)27)23(28-30)18-9-11-19(12-10-18)25(3,4)5/h6-12,16-17H,13-15H2,1-5H3/t16-,17-/m0/s1. The normalized spacial score (nSPS) is 19.7. The van der Waals surface area contributed by atoms with E-state index >= 15 is 0 Å². The lowest BCUT2D eigenvalue weighted by Gasteiger charge is -2.34. The highest BCUT2D eigenvalue weighted by Crippen LogP contribution is 2.33. The van der Waals surface area contributed by atoms with Crippen LogP contribution >= 0.6 is 35.4 Å². The Bertz CT molecular complexity index is 1190. The van der Waals surface area contributed by atoms with Gasteiger partial charge in [0.15, 0.2) is 5.82 Å². The average molecular weight is 506 g/mol. The molecule has 8 heteroatoms. The Morgan fingerprint density at radius 2 is 1.67 bits per heavy atom. The van der Waals surface area contributed by atoms with Gasteiger partial charge in [0.2, 0.25) is 4.77 Å². The van der Waals surface area contributed by atoms with Crippen molar-refractivity contribution in [3.05, 3.63) is 62.8 Å². The summed E-state index contributed by atoms with van der Waals surface area (Å²) >= 11 is 18.9. The molecule has 0 N–H and O–H groups in total. The molecule has 2 atom stereocenters. The Labute approximate surface area is 210 Å². The Morgan fingerprint density at radius 1 is 1.03 bits per heavy atom. The van der Waals surface area contributed by atoms with Gasteiger partial charge in [0.05, 0.1) is 34.6 Å². The van der Waals surface area contributed by atoms with Crippen molar-refractivity contribution in [2.24, 2.45) is 0 Å². The predicted molar refractivity (Wildman–Crippen MR) is 138 cm³/mol. The highest BCUT2D eigenvalue weighted by atomic mass is 35.5. The van der Waals surface area contributed by atoms with Crippen LogP contribution in [0.3, 0.4) is 0 Å². The minimum atomic E-state index is 0.0665. The summed E-state index contributed by atoms with van der Waals surface area (Å²) in [4.78, 5) is 2.32. The van der Waals surface area contributed by atoms with Gasteiger partial charge in [-0.15, -0.1) is 5.10 Å². The van der Waals surface area contributed by atoms with Gasteiger partial charge in [-0.25, -0.2) is 4.68 Å². The van der Waals surface area contributed by atoms with Crippen molar-refractivity contribution in [3.8, 4) is 17.1 Å². The first-order valence-corrected chi connectivity index (χ1v) is 12.3. The molecule has 1 fully saturated rings. The van der Waals surface area contributed by atoms with Crippen LogP contribution in [0.5, 0.6) is 0 Å². The third-order valence-electron chi connectivity index (χ3n) is 5.85. The fraction of sp³-hybridized carbons (Fsp3) is 0.440. The van der Waals surface area contributed by atoms with E-state index in [1.54, 1.807) is 6.07 Å². The maximum Gasteiger partial charge on any atom is 0.204 e. The molecule has 2 heterocycles. The molecule has 0 unspecified atom stereocenters. The largest absolute Gasteiger partial charge is 0.373 e. The van der Waals surface area contributed by atoms with Crippen LogP contribution in [0.1, 0.15) is 40.2 Å². The highest BCUT2D eigenvalue weighted by molar-refractivity contribution is 7.71. The molecule has 1 aromatic heterocycles. The number of rotatable bonds is 4. The van der Waals surface area contributed by atoms with Gasteiger partial charge in [0.25, 0.3) is 0 Å². The van der Waals surface area contributed by atoms with Crippen LogP contribution in [0.25, 0.3) is 17.1 Å². The van der Waals surface area contributed by atoms with Gasteiger partial charge in [0, 0.05) is 18.7 Å². The fourth-order valence-corrected chi connectivity index (χ4v) is 4.94. The minimum absolute atomic E-state index is 0.0665. The van der Waals surface area contributed by atoms with Crippen molar-refractivity contribution >= 4 is 35.4 Å². The van der Waals surface area contributed by atoms with Crippen LogP contribution < -0.4 is 0 Å². The number of hydrogen-bond acceptors (Lipinski definition) is 4. The molecule has 0 radical (unpaired) electrons. The van der Waals surface area contributed by atoms with E-state index in [2.05, 4.69) is 63.8 Å². The molecule has 1 aliphatic heterocycles. The first-order valence-electron chi connectivity index (χ1n) is 11.2. The van der Waals surface area contributed by atoms with Gasteiger partial charge in [-0.1, -0.05) is 74.3 Å². The Kier molecular flexibility index (Phi) is 7.04. The second kappa shape index (κ2) is 9.51. The molecule has 0 amide bonds. The van der Waals surface area contributed by atoms with Crippen molar-refractivity contribution < 1.29 is 4.74 Å². The van der Waals surface area contributed by atoms with Gasteiger partial charge in [-0.2, -0.15) is 0 Å². The smallest absolute Gasteiger partial charge is 0.204 e. The summed E-state index contributed by atoms with van der Waals surface area (Å²) in [5.41, 5.74) is 3.01. The van der Waals surface area contributed by atoms with Crippen LogP contribution in [-0.4, -0.2) is 44.5 Å².